The number of nitrogens with zero attached hydrogens (tertiary/aromatic N) is 1. The Labute approximate surface area is 184 Å². The van der Waals surface area contributed by atoms with Gasteiger partial charge in [-0.3, -0.25) is 9.59 Å². The number of piperazine rings is 1. The fourth-order valence-electron chi connectivity index (χ4n) is 3.50. The monoisotopic (exact) mass is 431 g/mol. The Balaban J connectivity index is 0.00000320. The average Bonchev–Trinajstić information content (AvgIpc) is 2.78. The van der Waals surface area contributed by atoms with E-state index in [-0.39, 0.29) is 36.9 Å². The lowest BCUT2D eigenvalue weighted by molar-refractivity contribution is -0.139. The molecule has 0 aliphatic carbocycles. The molecule has 2 aromatic carbocycles. The van der Waals surface area contributed by atoms with E-state index in [9.17, 15) is 9.59 Å². The molecule has 2 amide bonds. The first-order valence-electron chi connectivity index (χ1n) is 10.2. The molecule has 0 radical (unpaired) electrons. The van der Waals surface area contributed by atoms with E-state index in [2.05, 4.69) is 41.8 Å². The number of aryl methyl sites for hydroxylation is 1. The quantitative estimate of drug-likeness (QED) is 0.707. The molecule has 6 nitrogen and oxygen atoms in total. The Morgan fingerprint density at radius 1 is 1.17 bits per heavy atom. The van der Waals surface area contributed by atoms with Crippen molar-refractivity contribution < 1.29 is 14.3 Å². The van der Waals surface area contributed by atoms with Crippen molar-refractivity contribution in [2.75, 3.05) is 26.2 Å². The van der Waals surface area contributed by atoms with Crippen LogP contribution in [0, 0.1) is 0 Å². The molecular formula is C23H30ClN3O3. The summed E-state index contributed by atoms with van der Waals surface area (Å²) in [7, 11) is 0. The molecule has 0 saturated carbocycles. The maximum atomic E-state index is 13.1. The highest BCUT2D eigenvalue weighted by molar-refractivity contribution is 5.88. The fraction of sp³-hybridized carbons (Fsp3) is 0.391. The van der Waals surface area contributed by atoms with Gasteiger partial charge in [0, 0.05) is 19.6 Å². The number of nitrogens with one attached hydrogen (secondary N) is 2. The van der Waals surface area contributed by atoms with Gasteiger partial charge in [0.25, 0.3) is 5.91 Å². The molecule has 162 valence electrons. The van der Waals surface area contributed by atoms with Crippen LogP contribution in [0.25, 0.3) is 0 Å². The second-order valence-electron chi connectivity index (χ2n) is 7.24. The maximum Gasteiger partial charge on any atom is 0.258 e. The number of para-hydroxylation sites is 1. The van der Waals surface area contributed by atoms with Gasteiger partial charge in [-0.1, -0.05) is 49.4 Å². The van der Waals surface area contributed by atoms with E-state index in [0.717, 1.165) is 18.5 Å². The van der Waals surface area contributed by atoms with E-state index in [4.69, 9.17) is 4.74 Å². The third-order valence-electron chi connectivity index (χ3n) is 5.16. The summed E-state index contributed by atoms with van der Waals surface area (Å²) in [6.07, 6.45) is 0.986. The zero-order valence-corrected chi connectivity index (χ0v) is 18.3. The van der Waals surface area contributed by atoms with Gasteiger partial charge in [0.2, 0.25) is 5.91 Å². The number of amides is 2. The molecule has 0 bridgehead atoms. The summed E-state index contributed by atoms with van der Waals surface area (Å²) in [5.74, 6) is 0.233. The second-order valence-corrected chi connectivity index (χ2v) is 7.24. The zero-order valence-electron chi connectivity index (χ0n) is 17.5. The molecule has 1 heterocycles. The van der Waals surface area contributed by atoms with Crippen LogP contribution in [-0.2, 0) is 16.0 Å². The third kappa shape index (κ3) is 6.21. The van der Waals surface area contributed by atoms with Gasteiger partial charge < -0.3 is 20.3 Å². The molecule has 1 aliphatic heterocycles. The maximum absolute atomic E-state index is 13.1. The number of halogens is 1. The molecule has 2 N–H and O–H groups in total. The van der Waals surface area contributed by atoms with Crippen molar-refractivity contribution in [3.8, 4) is 5.75 Å². The van der Waals surface area contributed by atoms with Gasteiger partial charge in [-0.2, -0.15) is 0 Å². The Morgan fingerprint density at radius 2 is 1.87 bits per heavy atom. The standard InChI is InChI=1S/C23H29N3O3.ClH/c1-3-18-9-11-19(12-10-18)21-15-24-13-14-26(21)23(28)17(2)25-22(27)16-29-20-7-5-4-6-8-20;/h4-12,17,21,24H,3,13-16H2,1-2H3,(H,25,27);1H. The minimum absolute atomic E-state index is 0. The van der Waals surface area contributed by atoms with Gasteiger partial charge in [-0.25, -0.2) is 0 Å². The van der Waals surface area contributed by atoms with E-state index < -0.39 is 6.04 Å². The van der Waals surface area contributed by atoms with Crippen molar-refractivity contribution in [3.05, 3.63) is 65.7 Å². The van der Waals surface area contributed by atoms with Gasteiger partial charge in [0.1, 0.15) is 11.8 Å². The minimum atomic E-state index is -0.614. The van der Waals surface area contributed by atoms with Crippen LogP contribution in [0.4, 0.5) is 0 Å². The Bertz CT molecular complexity index is 814. The van der Waals surface area contributed by atoms with Crippen molar-refractivity contribution >= 4 is 24.2 Å². The van der Waals surface area contributed by atoms with Crippen molar-refractivity contribution in [3.63, 3.8) is 0 Å². The van der Waals surface area contributed by atoms with E-state index in [1.165, 1.54) is 5.56 Å². The molecule has 1 fully saturated rings. The molecule has 0 aromatic heterocycles. The molecule has 2 atom stereocenters. The van der Waals surface area contributed by atoms with Gasteiger partial charge in [-0.05, 0) is 36.6 Å². The van der Waals surface area contributed by atoms with E-state index in [1.54, 1.807) is 19.1 Å². The van der Waals surface area contributed by atoms with E-state index >= 15 is 0 Å². The SMILES string of the molecule is CCc1ccc(C2CNCCN2C(=O)C(C)NC(=O)COc2ccccc2)cc1.Cl. The van der Waals surface area contributed by atoms with Gasteiger partial charge in [-0.15, -0.1) is 12.4 Å². The van der Waals surface area contributed by atoms with E-state index in [0.29, 0.717) is 18.8 Å². The van der Waals surface area contributed by atoms with Gasteiger partial charge in [0.05, 0.1) is 6.04 Å². The Hall–Kier alpha value is -2.57. The smallest absolute Gasteiger partial charge is 0.258 e. The summed E-state index contributed by atoms with van der Waals surface area (Å²) in [4.78, 5) is 27.1. The normalized spacial score (nSPS) is 16.9. The van der Waals surface area contributed by atoms with E-state index in [1.807, 2.05) is 23.1 Å². The second kappa shape index (κ2) is 11.6. The lowest BCUT2D eigenvalue weighted by atomic mass is 10.00. The molecule has 30 heavy (non-hydrogen) atoms. The van der Waals surface area contributed by atoms with Gasteiger partial charge in [0.15, 0.2) is 6.61 Å². The summed E-state index contributed by atoms with van der Waals surface area (Å²) < 4.78 is 5.46. The highest BCUT2D eigenvalue weighted by Gasteiger charge is 2.31. The molecule has 2 aromatic rings. The summed E-state index contributed by atoms with van der Waals surface area (Å²) in [5.41, 5.74) is 2.38. The molecule has 1 saturated heterocycles. The van der Waals surface area contributed by atoms with Crippen LogP contribution in [0.5, 0.6) is 5.75 Å². The number of hydrogen-bond acceptors (Lipinski definition) is 4. The lowest BCUT2D eigenvalue weighted by Gasteiger charge is -2.38. The Morgan fingerprint density at radius 3 is 2.53 bits per heavy atom. The van der Waals surface area contributed by atoms with Crippen molar-refractivity contribution in [1.29, 1.82) is 0 Å². The van der Waals surface area contributed by atoms with Crippen molar-refractivity contribution in [2.24, 2.45) is 0 Å². The molecule has 2 unspecified atom stereocenters. The number of carbonyl (C=O) groups excluding carboxylic acids is 2. The largest absolute Gasteiger partial charge is 0.484 e. The van der Waals surface area contributed by atoms with Crippen LogP contribution in [0.1, 0.15) is 31.0 Å². The highest BCUT2D eigenvalue weighted by atomic mass is 35.5. The number of ether oxygens (including phenoxy) is 1. The highest BCUT2D eigenvalue weighted by Crippen LogP contribution is 2.23. The van der Waals surface area contributed by atoms with Gasteiger partial charge >= 0.3 is 0 Å². The first-order valence-corrected chi connectivity index (χ1v) is 10.2. The predicted octanol–water partition coefficient (Wildman–Crippen LogP) is 2.73. The van der Waals surface area contributed by atoms with Crippen LogP contribution in [-0.4, -0.2) is 49.0 Å². The number of benzene rings is 2. The first-order chi connectivity index (χ1) is 14.1. The average molecular weight is 432 g/mol. The zero-order chi connectivity index (χ0) is 20.6. The third-order valence-corrected chi connectivity index (χ3v) is 5.16. The molecule has 0 spiro atoms. The number of rotatable bonds is 7. The molecule has 3 rings (SSSR count). The topological polar surface area (TPSA) is 70.7 Å². The summed E-state index contributed by atoms with van der Waals surface area (Å²) in [5, 5.41) is 6.13. The number of hydrogen-bond donors (Lipinski definition) is 2. The minimum Gasteiger partial charge on any atom is -0.484 e. The number of carbonyl (C=O) groups is 2. The predicted molar refractivity (Wildman–Crippen MR) is 120 cm³/mol. The molecule has 7 heteroatoms. The van der Waals surface area contributed by atoms with Crippen LogP contribution in [0.3, 0.4) is 0 Å². The van der Waals surface area contributed by atoms with Crippen LogP contribution in [0.15, 0.2) is 54.6 Å². The summed E-state index contributed by atoms with van der Waals surface area (Å²) >= 11 is 0. The fourth-order valence-corrected chi connectivity index (χ4v) is 3.50. The summed E-state index contributed by atoms with van der Waals surface area (Å²) in [6.45, 7) is 5.79. The molecule has 1 aliphatic rings. The first kappa shape index (κ1) is 23.7. The summed E-state index contributed by atoms with van der Waals surface area (Å²) in [6, 6.07) is 16.9. The lowest BCUT2D eigenvalue weighted by Crippen LogP contribution is -2.54. The van der Waals surface area contributed by atoms with Crippen LogP contribution >= 0.6 is 12.4 Å². The van der Waals surface area contributed by atoms with Crippen LogP contribution < -0.4 is 15.4 Å². The van der Waals surface area contributed by atoms with Crippen molar-refractivity contribution in [1.82, 2.24) is 15.5 Å². The molecular weight excluding hydrogens is 402 g/mol. The van der Waals surface area contributed by atoms with Crippen molar-refractivity contribution in [2.45, 2.75) is 32.4 Å². The Kier molecular flexibility index (Phi) is 9.15. The van der Waals surface area contributed by atoms with Crippen LogP contribution in [0.2, 0.25) is 0 Å².